The van der Waals surface area contributed by atoms with E-state index >= 15 is 0 Å². The standard InChI is InChI=1S/C24H24N6O12S3/c31-28(32)22-7-1-19(2-8-22)13-43(37,38)25-16-26(44(39,40)14-20-3-9-23(10-4-20)29(33)34)18-27(17-25)45(41,42)15-21-5-11-24(12-6-21)30(35)36/h1-12H,13-18H2. The molecule has 0 N–H and O–H groups in total. The molecule has 1 fully saturated rings. The van der Waals surface area contributed by atoms with Gasteiger partial charge in [-0.1, -0.05) is 36.4 Å². The Hall–Kier alpha value is -4.41. The quantitative estimate of drug-likeness (QED) is 0.197. The van der Waals surface area contributed by atoms with Crippen molar-refractivity contribution in [1.29, 1.82) is 0 Å². The van der Waals surface area contributed by atoms with E-state index < -0.39 is 82.1 Å². The van der Waals surface area contributed by atoms with Crippen molar-refractivity contribution in [3.8, 4) is 0 Å². The number of nitro benzene ring substituents is 3. The second-order valence-corrected chi connectivity index (χ2v) is 15.7. The maximum Gasteiger partial charge on any atom is 0.269 e. The van der Waals surface area contributed by atoms with Crippen LogP contribution in [0.4, 0.5) is 17.1 Å². The number of hydrogen-bond donors (Lipinski definition) is 0. The van der Waals surface area contributed by atoms with Crippen LogP contribution in [0.1, 0.15) is 16.7 Å². The Labute approximate surface area is 256 Å². The Kier molecular flexibility index (Phi) is 9.60. The lowest BCUT2D eigenvalue weighted by atomic mass is 10.2. The molecule has 0 amide bonds. The lowest BCUT2D eigenvalue weighted by molar-refractivity contribution is -0.385. The Bertz CT molecular complexity index is 1700. The highest BCUT2D eigenvalue weighted by Gasteiger charge is 2.41. The van der Waals surface area contributed by atoms with Gasteiger partial charge in [-0.3, -0.25) is 30.3 Å². The summed E-state index contributed by atoms with van der Waals surface area (Å²) in [7, 11) is -13.3. The van der Waals surface area contributed by atoms with Crippen molar-refractivity contribution < 1.29 is 40.0 Å². The number of non-ortho nitro benzene ring substituents is 3. The molecule has 21 heteroatoms. The van der Waals surface area contributed by atoms with Crippen LogP contribution < -0.4 is 0 Å². The van der Waals surface area contributed by atoms with Crippen molar-refractivity contribution >= 4 is 47.1 Å². The molecule has 3 aromatic rings. The summed E-state index contributed by atoms with van der Waals surface area (Å²) in [4.78, 5) is 30.8. The first-order chi connectivity index (χ1) is 21.0. The first kappa shape index (κ1) is 33.5. The average Bonchev–Trinajstić information content (AvgIpc) is 2.97. The summed E-state index contributed by atoms with van der Waals surface area (Å²) in [6.45, 7) is -2.31. The number of sulfonamides is 3. The molecule has 0 bridgehead atoms. The summed E-state index contributed by atoms with van der Waals surface area (Å²) in [6.07, 6.45) is 0. The van der Waals surface area contributed by atoms with Crippen LogP contribution in [-0.4, -0.2) is 72.9 Å². The van der Waals surface area contributed by atoms with E-state index in [0.29, 0.717) is 12.9 Å². The first-order valence-corrected chi connectivity index (χ1v) is 17.4. The SMILES string of the molecule is O=[N+]([O-])c1ccc(CS(=O)(=O)N2CN(S(=O)(=O)Cc3ccc([N+](=O)[O-])cc3)CN(S(=O)(=O)Cc3ccc([N+](=O)[O-])cc3)C2)cc1. The zero-order chi connectivity index (χ0) is 33.2. The first-order valence-electron chi connectivity index (χ1n) is 12.6. The predicted octanol–water partition coefficient (Wildman–Crippen LogP) is 2.09. The molecular weight excluding hydrogens is 660 g/mol. The zero-order valence-electron chi connectivity index (χ0n) is 23.0. The van der Waals surface area contributed by atoms with Gasteiger partial charge in [-0.25, -0.2) is 25.3 Å². The van der Waals surface area contributed by atoms with Crippen LogP contribution in [0.15, 0.2) is 72.8 Å². The summed E-state index contributed by atoms with van der Waals surface area (Å²) >= 11 is 0. The van der Waals surface area contributed by atoms with Crippen LogP contribution in [-0.2, 0) is 47.3 Å². The van der Waals surface area contributed by atoms with Gasteiger partial charge >= 0.3 is 0 Å². The van der Waals surface area contributed by atoms with E-state index in [9.17, 15) is 55.6 Å². The van der Waals surface area contributed by atoms with Crippen molar-refractivity contribution in [2.75, 3.05) is 20.0 Å². The molecule has 0 aromatic heterocycles. The van der Waals surface area contributed by atoms with Crippen LogP contribution in [0.5, 0.6) is 0 Å². The molecule has 0 aliphatic carbocycles. The molecular formula is C24H24N6O12S3. The highest BCUT2D eigenvalue weighted by molar-refractivity contribution is 7.90. The minimum absolute atomic E-state index is 0.117. The molecule has 1 saturated heterocycles. The largest absolute Gasteiger partial charge is 0.269 e. The fraction of sp³-hybridized carbons (Fsp3) is 0.250. The second-order valence-electron chi connectivity index (χ2n) is 9.82. The van der Waals surface area contributed by atoms with Crippen molar-refractivity contribution in [2.24, 2.45) is 0 Å². The van der Waals surface area contributed by atoms with Crippen LogP contribution in [0.25, 0.3) is 0 Å². The normalized spacial score (nSPS) is 15.5. The summed E-state index contributed by atoms with van der Waals surface area (Å²) in [5, 5.41) is 32.9. The van der Waals surface area contributed by atoms with E-state index in [2.05, 4.69) is 0 Å². The van der Waals surface area contributed by atoms with Crippen molar-refractivity contribution in [3.63, 3.8) is 0 Å². The summed E-state index contributed by atoms with van der Waals surface area (Å²) in [6, 6.07) is 13.7. The van der Waals surface area contributed by atoms with Crippen LogP contribution in [0, 0.1) is 30.3 Å². The number of nitrogens with zero attached hydrogens (tertiary/aromatic N) is 6. The molecule has 18 nitrogen and oxygen atoms in total. The fourth-order valence-corrected chi connectivity index (χ4v) is 8.74. The molecule has 4 rings (SSSR count). The molecule has 0 saturated carbocycles. The molecule has 0 atom stereocenters. The minimum Gasteiger partial charge on any atom is -0.258 e. The van der Waals surface area contributed by atoms with Crippen LogP contribution in [0.3, 0.4) is 0 Å². The van der Waals surface area contributed by atoms with Gasteiger partial charge in [0.2, 0.25) is 30.1 Å². The maximum atomic E-state index is 13.5. The van der Waals surface area contributed by atoms with Gasteiger partial charge in [0, 0.05) is 36.4 Å². The fourth-order valence-electron chi connectivity index (χ4n) is 4.24. The third kappa shape index (κ3) is 8.20. The number of nitro groups is 3. The van der Waals surface area contributed by atoms with Gasteiger partial charge < -0.3 is 0 Å². The Morgan fingerprint density at radius 2 is 0.644 bits per heavy atom. The average molecular weight is 685 g/mol. The van der Waals surface area contributed by atoms with Gasteiger partial charge in [0.25, 0.3) is 17.1 Å². The summed E-state index contributed by atoms with van der Waals surface area (Å²) in [5.74, 6) is -2.22. The van der Waals surface area contributed by atoms with E-state index in [1.54, 1.807) is 0 Å². The highest BCUT2D eigenvalue weighted by Crippen LogP contribution is 2.25. The molecule has 3 aromatic carbocycles. The van der Waals surface area contributed by atoms with Gasteiger partial charge in [-0.2, -0.15) is 12.9 Å². The van der Waals surface area contributed by atoms with Crippen LogP contribution >= 0.6 is 0 Å². The Balaban J connectivity index is 1.64. The summed E-state index contributed by atoms with van der Waals surface area (Å²) in [5.41, 5.74) is -0.520. The van der Waals surface area contributed by atoms with Crippen molar-refractivity contribution in [3.05, 3.63) is 120 Å². The van der Waals surface area contributed by atoms with E-state index in [0.717, 1.165) is 36.4 Å². The molecule has 0 radical (unpaired) electrons. The van der Waals surface area contributed by atoms with Crippen molar-refractivity contribution in [1.82, 2.24) is 12.9 Å². The number of benzene rings is 3. The maximum absolute atomic E-state index is 13.5. The molecule has 1 heterocycles. The van der Waals surface area contributed by atoms with E-state index in [1.807, 2.05) is 0 Å². The molecule has 0 spiro atoms. The van der Waals surface area contributed by atoms with E-state index in [4.69, 9.17) is 0 Å². The monoisotopic (exact) mass is 684 g/mol. The topological polar surface area (TPSA) is 242 Å². The van der Waals surface area contributed by atoms with Gasteiger partial charge in [0.05, 0.1) is 52.0 Å². The Morgan fingerprint density at radius 3 is 0.822 bits per heavy atom. The molecule has 0 unspecified atom stereocenters. The number of hydrogen-bond acceptors (Lipinski definition) is 12. The van der Waals surface area contributed by atoms with E-state index in [-0.39, 0.29) is 33.8 Å². The zero-order valence-corrected chi connectivity index (χ0v) is 25.4. The van der Waals surface area contributed by atoms with Gasteiger partial charge in [-0.15, -0.1) is 0 Å². The van der Waals surface area contributed by atoms with Crippen molar-refractivity contribution in [2.45, 2.75) is 17.3 Å². The Morgan fingerprint density at radius 1 is 0.444 bits per heavy atom. The molecule has 45 heavy (non-hydrogen) atoms. The predicted molar refractivity (Wildman–Crippen MR) is 157 cm³/mol. The lowest BCUT2D eigenvalue weighted by Crippen LogP contribution is -2.59. The van der Waals surface area contributed by atoms with Crippen LogP contribution in [0.2, 0.25) is 0 Å². The lowest BCUT2D eigenvalue weighted by Gasteiger charge is -2.40. The summed E-state index contributed by atoms with van der Waals surface area (Å²) < 4.78 is 82.7. The molecule has 1 aliphatic rings. The second kappa shape index (κ2) is 12.9. The smallest absolute Gasteiger partial charge is 0.258 e. The van der Waals surface area contributed by atoms with Gasteiger partial charge in [0.15, 0.2) is 0 Å². The third-order valence-corrected chi connectivity index (χ3v) is 11.8. The van der Waals surface area contributed by atoms with E-state index in [1.165, 1.54) is 36.4 Å². The highest BCUT2D eigenvalue weighted by atomic mass is 32.2. The molecule has 240 valence electrons. The van der Waals surface area contributed by atoms with Gasteiger partial charge in [0.1, 0.15) is 0 Å². The molecule has 1 aliphatic heterocycles. The number of rotatable bonds is 12. The third-order valence-electron chi connectivity index (χ3n) is 6.62. The van der Waals surface area contributed by atoms with Gasteiger partial charge in [-0.05, 0) is 16.7 Å². The minimum atomic E-state index is -4.43.